The summed E-state index contributed by atoms with van der Waals surface area (Å²) in [4.78, 5) is 4.38. The molecule has 0 bridgehead atoms. The van der Waals surface area contributed by atoms with Crippen LogP contribution in [0, 0.1) is 6.92 Å². The van der Waals surface area contributed by atoms with Crippen LogP contribution in [-0.2, 0) is 0 Å². The lowest BCUT2D eigenvalue weighted by atomic mass is 10.1. The fourth-order valence-electron chi connectivity index (χ4n) is 1.69. The maximum absolute atomic E-state index is 4.38. The van der Waals surface area contributed by atoms with Gasteiger partial charge >= 0.3 is 0 Å². The normalized spacial score (nSPS) is 10.6. The summed E-state index contributed by atoms with van der Waals surface area (Å²) in [5.74, 6) is 0. The predicted octanol–water partition coefficient (Wildman–Crippen LogP) is 3.74. The van der Waals surface area contributed by atoms with Crippen molar-refractivity contribution in [1.82, 2.24) is 4.98 Å². The molecule has 0 saturated carbocycles. The number of aromatic nitrogens is 1. The highest BCUT2D eigenvalue weighted by atomic mass is 79.9. The van der Waals surface area contributed by atoms with Gasteiger partial charge in [-0.25, -0.2) is 0 Å². The number of nitrogens with zero attached hydrogens (tertiary/aromatic N) is 1. The van der Waals surface area contributed by atoms with Crippen molar-refractivity contribution in [3.05, 3.63) is 34.4 Å². The zero-order valence-electron chi connectivity index (χ0n) is 8.84. The summed E-state index contributed by atoms with van der Waals surface area (Å²) in [5, 5.41) is 4.52. The summed E-state index contributed by atoms with van der Waals surface area (Å²) in [6, 6.07) is 6.26. The molecule has 1 aromatic carbocycles. The Morgan fingerprint density at radius 1 is 1.40 bits per heavy atom. The topological polar surface area (TPSA) is 24.9 Å². The summed E-state index contributed by atoms with van der Waals surface area (Å²) in [7, 11) is 0. The number of hydrogen-bond donors (Lipinski definition) is 1. The van der Waals surface area contributed by atoms with Gasteiger partial charge in [0.25, 0.3) is 0 Å². The number of rotatable bonds is 2. The van der Waals surface area contributed by atoms with Crippen LogP contribution >= 0.6 is 15.9 Å². The summed E-state index contributed by atoms with van der Waals surface area (Å²) in [6.45, 7) is 5.11. The van der Waals surface area contributed by atoms with Crippen LogP contribution in [0.1, 0.15) is 12.5 Å². The summed E-state index contributed by atoms with van der Waals surface area (Å²) in [6.07, 6.45) is 1.83. The van der Waals surface area contributed by atoms with Gasteiger partial charge in [0.2, 0.25) is 0 Å². The van der Waals surface area contributed by atoms with Crippen LogP contribution in [-0.4, -0.2) is 11.5 Å². The molecule has 15 heavy (non-hydrogen) atoms. The minimum Gasteiger partial charge on any atom is -0.385 e. The molecule has 1 heterocycles. The minimum absolute atomic E-state index is 0.921. The standard InChI is InChI=1S/C12H13BrN2/c1-3-14-11-4-5-15-12-9(11)6-8(2)7-10(12)13/h4-7H,3H2,1-2H3,(H,14,15). The van der Waals surface area contributed by atoms with Gasteiger partial charge in [0.1, 0.15) is 0 Å². The molecular weight excluding hydrogens is 252 g/mol. The van der Waals surface area contributed by atoms with Gasteiger partial charge in [0, 0.05) is 28.3 Å². The molecule has 0 radical (unpaired) electrons. The van der Waals surface area contributed by atoms with E-state index >= 15 is 0 Å². The van der Waals surface area contributed by atoms with Crippen molar-refractivity contribution in [3.8, 4) is 0 Å². The van der Waals surface area contributed by atoms with Gasteiger partial charge in [-0.1, -0.05) is 0 Å². The lowest BCUT2D eigenvalue weighted by Crippen LogP contribution is -1.98. The molecule has 0 amide bonds. The molecule has 0 aliphatic carbocycles. The first kappa shape index (κ1) is 10.4. The average molecular weight is 265 g/mol. The van der Waals surface area contributed by atoms with E-state index in [2.05, 4.69) is 52.2 Å². The van der Waals surface area contributed by atoms with Crippen LogP contribution in [0.25, 0.3) is 10.9 Å². The van der Waals surface area contributed by atoms with E-state index in [-0.39, 0.29) is 0 Å². The van der Waals surface area contributed by atoms with E-state index in [1.54, 1.807) is 0 Å². The third-order valence-corrected chi connectivity index (χ3v) is 2.91. The zero-order chi connectivity index (χ0) is 10.8. The van der Waals surface area contributed by atoms with Gasteiger partial charge in [-0.15, -0.1) is 0 Å². The second-order valence-electron chi connectivity index (χ2n) is 3.53. The Hall–Kier alpha value is -1.09. The van der Waals surface area contributed by atoms with E-state index in [1.165, 1.54) is 10.9 Å². The maximum atomic E-state index is 4.38. The molecule has 0 unspecified atom stereocenters. The van der Waals surface area contributed by atoms with Gasteiger partial charge in [-0.3, -0.25) is 4.98 Å². The molecule has 1 N–H and O–H groups in total. The third-order valence-electron chi connectivity index (χ3n) is 2.31. The van der Waals surface area contributed by atoms with Gasteiger partial charge < -0.3 is 5.32 Å². The Morgan fingerprint density at radius 2 is 2.20 bits per heavy atom. The van der Waals surface area contributed by atoms with E-state index in [9.17, 15) is 0 Å². The zero-order valence-corrected chi connectivity index (χ0v) is 10.4. The lowest BCUT2D eigenvalue weighted by Gasteiger charge is -2.09. The Labute approximate surface area is 97.8 Å². The third kappa shape index (κ3) is 1.97. The van der Waals surface area contributed by atoms with Crippen molar-refractivity contribution in [1.29, 1.82) is 0 Å². The minimum atomic E-state index is 0.921. The van der Waals surface area contributed by atoms with E-state index < -0.39 is 0 Å². The lowest BCUT2D eigenvalue weighted by molar-refractivity contribution is 1.21. The Morgan fingerprint density at radius 3 is 2.93 bits per heavy atom. The first-order chi connectivity index (χ1) is 7.22. The van der Waals surface area contributed by atoms with E-state index in [0.717, 1.165) is 22.2 Å². The second kappa shape index (κ2) is 4.19. The molecular formula is C12H13BrN2. The summed E-state index contributed by atoms with van der Waals surface area (Å²) < 4.78 is 1.05. The highest BCUT2D eigenvalue weighted by Crippen LogP contribution is 2.28. The van der Waals surface area contributed by atoms with Gasteiger partial charge in [-0.2, -0.15) is 0 Å². The Balaban J connectivity index is 2.73. The maximum Gasteiger partial charge on any atom is 0.0864 e. The van der Waals surface area contributed by atoms with Gasteiger partial charge in [0.05, 0.1) is 5.52 Å². The monoisotopic (exact) mass is 264 g/mol. The number of anilines is 1. The molecule has 1 aromatic heterocycles. The molecule has 0 aliphatic heterocycles. The Bertz CT molecular complexity index is 494. The highest BCUT2D eigenvalue weighted by Gasteiger charge is 2.04. The number of benzene rings is 1. The molecule has 0 saturated heterocycles. The molecule has 2 aromatic rings. The van der Waals surface area contributed by atoms with Crippen LogP contribution < -0.4 is 5.32 Å². The van der Waals surface area contributed by atoms with E-state index in [4.69, 9.17) is 0 Å². The number of aryl methyl sites for hydroxylation is 1. The molecule has 2 rings (SSSR count). The van der Waals surface area contributed by atoms with Crippen LogP contribution in [0.2, 0.25) is 0 Å². The SMILES string of the molecule is CCNc1ccnc2c(Br)cc(C)cc12. The van der Waals surface area contributed by atoms with Crippen molar-refractivity contribution < 1.29 is 0 Å². The van der Waals surface area contributed by atoms with E-state index in [1.807, 2.05) is 12.3 Å². The molecule has 0 spiro atoms. The molecule has 0 fully saturated rings. The van der Waals surface area contributed by atoms with Crippen LogP contribution in [0.5, 0.6) is 0 Å². The number of pyridine rings is 1. The molecule has 2 nitrogen and oxygen atoms in total. The van der Waals surface area contributed by atoms with Crippen molar-refractivity contribution >= 4 is 32.5 Å². The fraction of sp³-hybridized carbons (Fsp3) is 0.250. The first-order valence-corrected chi connectivity index (χ1v) is 5.80. The van der Waals surface area contributed by atoms with Crippen molar-refractivity contribution in [2.45, 2.75) is 13.8 Å². The first-order valence-electron chi connectivity index (χ1n) is 5.01. The molecule has 3 heteroatoms. The van der Waals surface area contributed by atoms with Crippen LogP contribution in [0.3, 0.4) is 0 Å². The number of halogens is 1. The average Bonchev–Trinajstić information content (AvgIpc) is 2.19. The van der Waals surface area contributed by atoms with Crippen molar-refractivity contribution in [3.63, 3.8) is 0 Å². The predicted molar refractivity (Wildman–Crippen MR) is 68.3 cm³/mol. The number of fused-ring (bicyclic) bond motifs is 1. The summed E-state index contributed by atoms with van der Waals surface area (Å²) >= 11 is 3.54. The second-order valence-corrected chi connectivity index (χ2v) is 4.39. The number of hydrogen-bond acceptors (Lipinski definition) is 2. The fourth-order valence-corrected chi connectivity index (χ4v) is 2.37. The smallest absolute Gasteiger partial charge is 0.0864 e. The van der Waals surface area contributed by atoms with Gasteiger partial charge in [0.15, 0.2) is 0 Å². The van der Waals surface area contributed by atoms with Crippen LogP contribution in [0.4, 0.5) is 5.69 Å². The molecule has 0 aliphatic rings. The van der Waals surface area contributed by atoms with Crippen molar-refractivity contribution in [2.24, 2.45) is 0 Å². The molecule has 0 atom stereocenters. The number of nitrogens with one attached hydrogen (secondary N) is 1. The van der Waals surface area contributed by atoms with Gasteiger partial charge in [-0.05, 0) is 53.5 Å². The molecule has 78 valence electrons. The largest absolute Gasteiger partial charge is 0.385 e. The van der Waals surface area contributed by atoms with Crippen molar-refractivity contribution in [2.75, 3.05) is 11.9 Å². The quantitative estimate of drug-likeness (QED) is 0.894. The highest BCUT2D eigenvalue weighted by molar-refractivity contribution is 9.10. The van der Waals surface area contributed by atoms with Crippen LogP contribution in [0.15, 0.2) is 28.9 Å². The van der Waals surface area contributed by atoms with E-state index in [0.29, 0.717) is 0 Å². The summed E-state index contributed by atoms with van der Waals surface area (Å²) in [5.41, 5.74) is 3.40. The Kier molecular flexibility index (Phi) is 2.91.